The van der Waals surface area contributed by atoms with Gasteiger partial charge in [0.2, 0.25) is 0 Å². The van der Waals surface area contributed by atoms with Gasteiger partial charge in [0.1, 0.15) is 18.5 Å². The molecule has 0 aliphatic rings. The van der Waals surface area contributed by atoms with Crippen molar-refractivity contribution in [1.82, 2.24) is 5.32 Å². The Bertz CT molecular complexity index is 381. The zero-order chi connectivity index (χ0) is 14.1. The zero-order valence-corrected chi connectivity index (χ0v) is 12.4. The highest BCUT2D eigenvalue weighted by molar-refractivity contribution is 7.84. The number of rotatable bonds is 9. The molecule has 0 amide bonds. The van der Waals surface area contributed by atoms with Crippen molar-refractivity contribution in [2.45, 2.75) is 20.0 Å². The van der Waals surface area contributed by atoms with Crippen molar-refractivity contribution in [2.75, 3.05) is 31.2 Å². The summed E-state index contributed by atoms with van der Waals surface area (Å²) in [6.45, 7) is 5.28. The van der Waals surface area contributed by atoms with Crippen molar-refractivity contribution < 1.29 is 14.1 Å². The highest BCUT2D eigenvalue weighted by Crippen LogP contribution is 2.11. The lowest BCUT2D eigenvalue weighted by Gasteiger charge is -2.13. The van der Waals surface area contributed by atoms with E-state index in [-0.39, 0.29) is 6.61 Å². The number of hydrogen-bond acceptors (Lipinski definition) is 4. The minimum Gasteiger partial charge on any atom is -0.491 e. The molecule has 108 valence electrons. The molecule has 0 radical (unpaired) electrons. The van der Waals surface area contributed by atoms with Gasteiger partial charge in [-0.05, 0) is 19.1 Å². The first-order chi connectivity index (χ1) is 9.11. The van der Waals surface area contributed by atoms with Crippen LogP contribution in [0.5, 0.6) is 5.75 Å². The lowest BCUT2D eigenvalue weighted by Crippen LogP contribution is -2.33. The van der Waals surface area contributed by atoms with E-state index in [1.807, 2.05) is 38.1 Å². The van der Waals surface area contributed by atoms with E-state index in [0.717, 1.165) is 5.75 Å². The van der Waals surface area contributed by atoms with E-state index in [1.54, 1.807) is 0 Å². The van der Waals surface area contributed by atoms with E-state index in [9.17, 15) is 9.32 Å². The second-order valence-electron chi connectivity index (χ2n) is 4.41. The highest BCUT2D eigenvalue weighted by atomic mass is 32.2. The topological polar surface area (TPSA) is 58.6 Å². The normalized spacial score (nSPS) is 14.1. The molecule has 0 spiro atoms. The lowest BCUT2D eigenvalue weighted by molar-refractivity contribution is 0.107. The molecule has 0 fully saturated rings. The van der Waals surface area contributed by atoms with Gasteiger partial charge in [0.05, 0.1) is 0 Å². The minimum atomic E-state index is -0.753. The van der Waals surface area contributed by atoms with Gasteiger partial charge in [-0.2, -0.15) is 0 Å². The molecule has 4 nitrogen and oxygen atoms in total. The SMILES string of the molecule is CCS(=O)CCNCC(O)COc1ccc(C)cc1. The van der Waals surface area contributed by atoms with Crippen molar-refractivity contribution in [3.63, 3.8) is 0 Å². The van der Waals surface area contributed by atoms with Crippen LogP contribution in [0.3, 0.4) is 0 Å². The molecule has 19 heavy (non-hydrogen) atoms. The Morgan fingerprint density at radius 3 is 2.68 bits per heavy atom. The van der Waals surface area contributed by atoms with Gasteiger partial charge < -0.3 is 15.2 Å². The fourth-order valence-corrected chi connectivity index (χ4v) is 2.15. The molecule has 0 heterocycles. The first-order valence-corrected chi connectivity index (χ1v) is 8.04. The van der Waals surface area contributed by atoms with Crippen LogP contribution in [-0.4, -0.2) is 46.6 Å². The molecule has 1 aromatic carbocycles. The molecule has 2 N–H and O–H groups in total. The predicted octanol–water partition coefficient (Wildman–Crippen LogP) is 1.09. The fourth-order valence-electron chi connectivity index (χ4n) is 1.48. The van der Waals surface area contributed by atoms with Gasteiger partial charge in [-0.25, -0.2) is 0 Å². The van der Waals surface area contributed by atoms with Crippen molar-refractivity contribution in [3.8, 4) is 5.75 Å². The molecule has 5 heteroatoms. The van der Waals surface area contributed by atoms with E-state index in [4.69, 9.17) is 4.74 Å². The molecular formula is C14H23NO3S. The molecule has 2 atom stereocenters. The summed E-state index contributed by atoms with van der Waals surface area (Å²) in [7, 11) is -0.753. The fraction of sp³-hybridized carbons (Fsp3) is 0.571. The zero-order valence-electron chi connectivity index (χ0n) is 11.6. The van der Waals surface area contributed by atoms with Crippen LogP contribution in [0.15, 0.2) is 24.3 Å². The second-order valence-corrected chi connectivity index (χ2v) is 6.28. The minimum absolute atomic E-state index is 0.257. The van der Waals surface area contributed by atoms with Gasteiger partial charge in [-0.15, -0.1) is 0 Å². The maximum atomic E-state index is 11.2. The number of benzene rings is 1. The van der Waals surface area contributed by atoms with Gasteiger partial charge in [0, 0.05) is 35.4 Å². The van der Waals surface area contributed by atoms with Gasteiger partial charge in [0.25, 0.3) is 0 Å². The smallest absolute Gasteiger partial charge is 0.119 e. The van der Waals surface area contributed by atoms with E-state index < -0.39 is 16.9 Å². The quantitative estimate of drug-likeness (QED) is 0.667. The van der Waals surface area contributed by atoms with E-state index in [0.29, 0.717) is 24.6 Å². The summed E-state index contributed by atoms with van der Waals surface area (Å²) in [6, 6.07) is 7.72. The van der Waals surface area contributed by atoms with Crippen molar-refractivity contribution in [1.29, 1.82) is 0 Å². The highest BCUT2D eigenvalue weighted by Gasteiger charge is 2.05. The van der Waals surface area contributed by atoms with E-state index >= 15 is 0 Å². The molecular weight excluding hydrogens is 262 g/mol. The summed E-state index contributed by atoms with van der Waals surface area (Å²) in [4.78, 5) is 0. The van der Waals surface area contributed by atoms with Crippen LogP contribution in [-0.2, 0) is 10.8 Å². The van der Waals surface area contributed by atoms with Crippen LogP contribution in [0.4, 0.5) is 0 Å². The third-order valence-electron chi connectivity index (χ3n) is 2.67. The first-order valence-electron chi connectivity index (χ1n) is 6.55. The van der Waals surface area contributed by atoms with Crippen LogP contribution < -0.4 is 10.1 Å². The molecule has 0 saturated carbocycles. The van der Waals surface area contributed by atoms with Crippen molar-refractivity contribution in [2.24, 2.45) is 0 Å². The maximum Gasteiger partial charge on any atom is 0.119 e. The summed E-state index contributed by atoms with van der Waals surface area (Å²) >= 11 is 0. The average Bonchev–Trinajstić information content (AvgIpc) is 2.42. The molecule has 0 aromatic heterocycles. The standard InChI is InChI=1S/C14H23NO3S/c1-3-19(17)9-8-15-10-13(16)11-18-14-6-4-12(2)5-7-14/h4-7,13,15-16H,3,8-11H2,1-2H3. The Labute approximate surface area is 117 Å². The largest absolute Gasteiger partial charge is 0.491 e. The van der Waals surface area contributed by atoms with Gasteiger partial charge in [-0.1, -0.05) is 24.6 Å². The van der Waals surface area contributed by atoms with Crippen LogP contribution in [0, 0.1) is 6.92 Å². The summed E-state index contributed by atoms with van der Waals surface area (Å²) in [5, 5.41) is 12.8. The van der Waals surface area contributed by atoms with Gasteiger partial charge in [-0.3, -0.25) is 4.21 Å². The monoisotopic (exact) mass is 285 g/mol. The van der Waals surface area contributed by atoms with Crippen molar-refractivity contribution >= 4 is 10.8 Å². The third-order valence-corrected chi connectivity index (χ3v) is 3.98. The number of hydrogen-bond donors (Lipinski definition) is 2. The predicted molar refractivity (Wildman–Crippen MR) is 79.1 cm³/mol. The molecule has 0 aliphatic heterocycles. The lowest BCUT2D eigenvalue weighted by atomic mass is 10.2. The van der Waals surface area contributed by atoms with Crippen LogP contribution in [0.2, 0.25) is 0 Å². The Morgan fingerprint density at radius 2 is 2.05 bits per heavy atom. The molecule has 0 saturated heterocycles. The summed E-state index contributed by atoms with van der Waals surface area (Å²) in [5.41, 5.74) is 1.18. The third kappa shape index (κ3) is 7.30. The van der Waals surface area contributed by atoms with Crippen LogP contribution >= 0.6 is 0 Å². The first kappa shape index (κ1) is 16.1. The molecule has 0 aliphatic carbocycles. The van der Waals surface area contributed by atoms with Gasteiger partial charge in [0.15, 0.2) is 0 Å². The van der Waals surface area contributed by atoms with Gasteiger partial charge >= 0.3 is 0 Å². The van der Waals surface area contributed by atoms with Crippen LogP contribution in [0.1, 0.15) is 12.5 Å². The Balaban J connectivity index is 2.12. The molecule has 0 bridgehead atoms. The number of nitrogens with one attached hydrogen (secondary N) is 1. The van der Waals surface area contributed by atoms with Crippen molar-refractivity contribution in [3.05, 3.63) is 29.8 Å². The summed E-state index contributed by atoms with van der Waals surface area (Å²) in [6.07, 6.45) is -0.559. The Morgan fingerprint density at radius 1 is 1.37 bits per heavy atom. The maximum absolute atomic E-state index is 11.2. The Kier molecular flexibility index (Phi) is 7.70. The summed E-state index contributed by atoms with van der Waals surface area (Å²) in [5.74, 6) is 2.07. The average molecular weight is 285 g/mol. The molecule has 1 aromatic rings. The number of aliphatic hydroxyl groups excluding tert-OH is 1. The van der Waals surface area contributed by atoms with E-state index in [1.165, 1.54) is 5.56 Å². The molecule has 1 rings (SSSR count). The van der Waals surface area contributed by atoms with Crippen LogP contribution in [0.25, 0.3) is 0 Å². The Hall–Kier alpha value is -0.910. The van der Waals surface area contributed by atoms with E-state index in [2.05, 4.69) is 5.32 Å². The number of aryl methyl sites for hydroxylation is 1. The number of aliphatic hydroxyl groups is 1. The second kappa shape index (κ2) is 9.07. The number of ether oxygens (including phenoxy) is 1. The summed E-state index contributed by atoms with van der Waals surface area (Å²) < 4.78 is 16.7. The molecule has 2 unspecified atom stereocenters.